The van der Waals surface area contributed by atoms with Crippen molar-refractivity contribution in [2.75, 3.05) is 11.1 Å². The smallest absolute Gasteiger partial charge is 0.316 e. The van der Waals surface area contributed by atoms with Crippen molar-refractivity contribution in [3.63, 3.8) is 0 Å². The second kappa shape index (κ2) is 6.13. The molecule has 1 aromatic heterocycles. The minimum Gasteiger partial charge on any atom is -0.316 e. The van der Waals surface area contributed by atoms with Crippen molar-refractivity contribution in [1.82, 2.24) is 0 Å². The molecule has 0 spiro atoms. The van der Waals surface area contributed by atoms with E-state index in [-0.39, 0.29) is 10.8 Å². The largest absolute Gasteiger partial charge is 0.320 e. The average molecular weight is 332 g/mol. The number of anilines is 1. The molecular formula is C11H12N2O4S3. The normalized spacial score (nSPS) is 14.4. The molecule has 0 aliphatic heterocycles. The highest BCUT2D eigenvalue weighted by molar-refractivity contribution is 8.70. The Kier molecular flexibility index (Phi) is 4.70. The topological polar surface area (TPSA) is 107 Å². The Morgan fingerprint density at radius 2 is 2.15 bits per heavy atom. The molecule has 0 radical (unpaired) electrons. The first-order chi connectivity index (χ1) is 9.40. The van der Waals surface area contributed by atoms with Gasteiger partial charge in [0.25, 0.3) is 0 Å². The molecule has 2 N–H and O–H groups in total. The van der Waals surface area contributed by atoms with Gasteiger partial charge in [0.1, 0.15) is 11.1 Å². The van der Waals surface area contributed by atoms with E-state index in [0.717, 1.165) is 36.1 Å². The fourth-order valence-electron chi connectivity index (χ4n) is 2.06. The van der Waals surface area contributed by atoms with Crippen molar-refractivity contribution >= 4 is 42.2 Å². The molecule has 1 aliphatic rings. The van der Waals surface area contributed by atoms with E-state index < -0.39 is 20.8 Å². The highest BCUT2D eigenvalue weighted by Crippen LogP contribution is 2.37. The van der Waals surface area contributed by atoms with Crippen LogP contribution in [0.3, 0.4) is 0 Å². The van der Waals surface area contributed by atoms with E-state index in [0.29, 0.717) is 10.6 Å². The molecule has 0 saturated carbocycles. The molecule has 108 valence electrons. The van der Waals surface area contributed by atoms with Crippen molar-refractivity contribution in [2.24, 2.45) is 0 Å². The third kappa shape index (κ3) is 3.73. The van der Waals surface area contributed by atoms with E-state index in [1.807, 2.05) is 0 Å². The first-order valence-corrected chi connectivity index (χ1v) is 9.63. The van der Waals surface area contributed by atoms with E-state index in [1.165, 1.54) is 11.3 Å². The maximum Gasteiger partial charge on any atom is 0.320 e. The van der Waals surface area contributed by atoms with E-state index in [4.69, 9.17) is 4.55 Å². The Morgan fingerprint density at radius 3 is 2.80 bits per heavy atom. The number of nitrogens with zero attached hydrogens (tertiary/aromatic N) is 1. The number of carbonyl (C=O) groups is 1. The minimum absolute atomic E-state index is 0.147. The van der Waals surface area contributed by atoms with Crippen molar-refractivity contribution in [3.8, 4) is 6.07 Å². The maximum atomic E-state index is 11.6. The summed E-state index contributed by atoms with van der Waals surface area (Å²) in [7, 11) is -4.09. The van der Waals surface area contributed by atoms with Gasteiger partial charge in [-0.05, 0) is 31.2 Å². The van der Waals surface area contributed by atoms with Crippen molar-refractivity contribution < 1.29 is 17.8 Å². The van der Waals surface area contributed by atoms with Crippen LogP contribution >= 0.6 is 22.1 Å². The number of carbonyl (C=O) groups excluding carboxylic acids is 1. The van der Waals surface area contributed by atoms with E-state index in [2.05, 4.69) is 11.4 Å². The molecule has 1 aliphatic carbocycles. The average Bonchev–Trinajstić information content (AvgIpc) is 2.72. The summed E-state index contributed by atoms with van der Waals surface area (Å²) in [5.41, 5.74) is 1.48. The van der Waals surface area contributed by atoms with Crippen LogP contribution in [0.1, 0.15) is 28.8 Å². The standard InChI is InChI=1S/C11H12N2O4S3/c12-5-8-7-3-1-2-4-9(7)19-11(8)13-10(14)6-18-20(15,16)17/h1-4,6H2,(H,13,14)(H,15,16,17). The summed E-state index contributed by atoms with van der Waals surface area (Å²) >= 11 is 1.37. The van der Waals surface area contributed by atoms with Gasteiger partial charge in [-0.25, -0.2) is 0 Å². The zero-order valence-corrected chi connectivity index (χ0v) is 12.8. The lowest BCUT2D eigenvalue weighted by atomic mass is 9.96. The quantitative estimate of drug-likeness (QED) is 0.645. The monoisotopic (exact) mass is 332 g/mol. The predicted octanol–water partition coefficient (Wildman–Crippen LogP) is 1.97. The maximum absolute atomic E-state index is 11.6. The summed E-state index contributed by atoms with van der Waals surface area (Å²) in [6.45, 7) is 0. The van der Waals surface area contributed by atoms with Gasteiger partial charge >= 0.3 is 9.15 Å². The Labute approximate surface area is 124 Å². The van der Waals surface area contributed by atoms with Gasteiger partial charge in [-0.15, -0.1) is 11.3 Å². The van der Waals surface area contributed by atoms with Gasteiger partial charge in [0.15, 0.2) is 0 Å². The number of rotatable bonds is 4. The molecule has 6 nitrogen and oxygen atoms in total. The predicted molar refractivity (Wildman–Crippen MR) is 78.3 cm³/mol. The molecule has 20 heavy (non-hydrogen) atoms. The van der Waals surface area contributed by atoms with Gasteiger partial charge in [0, 0.05) is 15.7 Å². The first-order valence-electron chi connectivity index (χ1n) is 5.87. The molecule has 0 atom stereocenters. The van der Waals surface area contributed by atoms with Crippen LogP contribution in [0.5, 0.6) is 0 Å². The zero-order chi connectivity index (χ0) is 14.8. The number of nitrogens with one attached hydrogen (secondary N) is 1. The number of thiophene rings is 1. The Hall–Kier alpha value is -1.08. The minimum atomic E-state index is -4.24. The SMILES string of the molecule is N#Cc1c(NC(=O)CSS(=O)(=O)O)sc2c1CCCC2. The van der Waals surface area contributed by atoms with Gasteiger partial charge in [0.2, 0.25) is 5.91 Å². The van der Waals surface area contributed by atoms with E-state index in [9.17, 15) is 18.5 Å². The van der Waals surface area contributed by atoms with Crippen molar-refractivity contribution in [2.45, 2.75) is 25.7 Å². The van der Waals surface area contributed by atoms with Crippen LogP contribution in [-0.4, -0.2) is 24.6 Å². The van der Waals surface area contributed by atoms with Gasteiger partial charge in [-0.1, -0.05) is 0 Å². The summed E-state index contributed by atoms with van der Waals surface area (Å²) in [4.78, 5) is 12.7. The zero-order valence-electron chi connectivity index (χ0n) is 10.4. The Bertz CT molecular complexity index is 673. The lowest BCUT2D eigenvalue weighted by Crippen LogP contribution is -2.15. The number of hydrogen-bond acceptors (Lipinski definition) is 6. The lowest BCUT2D eigenvalue weighted by Gasteiger charge is -2.09. The van der Waals surface area contributed by atoms with Crippen LogP contribution in [-0.2, 0) is 26.8 Å². The van der Waals surface area contributed by atoms with Crippen LogP contribution in [0.4, 0.5) is 5.00 Å². The van der Waals surface area contributed by atoms with Gasteiger partial charge in [-0.3, -0.25) is 9.35 Å². The molecule has 1 heterocycles. The van der Waals surface area contributed by atoms with Gasteiger partial charge in [-0.2, -0.15) is 13.7 Å². The van der Waals surface area contributed by atoms with Crippen LogP contribution < -0.4 is 5.32 Å². The number of fused-ring (bicyclic) bond motifs is 1. The first kappa shape index (κ1) is 15.3. The molecule has 0 unspecified atom stereocenters. The fourth-order valence-corrected chi connectivity index (χ4v) is 4.41. The van der Waals surface area contributed by atoms with Gasteiger partial charge < -0.3 is 5.32 Å². The van der Waals surface area contributed by atoms with Crippen molar-refractivity contribution in [1.29, 1.82) is 5.26 Å². The molecule has 2 rings (SSSR count). The van der Waals surface area contributed by atoms with E-state index >= 15 is 0 Å². The van der Waals surface area contributed by atoms with Gasteiger partial charge in [0.05, 0.1) is 11.3 Å². The lowest BCUT2D eigenvalue weighted by molar-refractivity contribution is -0.113. The third-order valence-electron chi connectivity index (χ3n) is 2.88. The summed E-state index contributed by atoms with van der Waals surface area (Å²) in [5.74, 6) is -0.963. The number of hydrogen-bond donors (Lipinski definition) is 2. The Balaban J connectivity index is 2.12. The molecule has 1 amide bonds. The summed E-state index contributed by atoms with van der Waals surface area (Å²) in [6.07, 6.45) is 3.85. The van der Waals surface area contributed by atoms with Crippen LogP contribution in [0.2, 0.25) is 0 Å². The molecule has 1 aromatic rings. The number of amides is 1. The number of nitriles is 1. The van der Waals surface area contributed by atoms with E-state index in [1.54, 1.807) is 0 Å². The molecule has 0 saturated heterocycles. The number of aryl methyl sites for hydroxylation is 1. The van der Waals surface area contributed by atoms with Crippen LogP contribution in [0.15, 0.2) is 0 Å². The summed E-state index contributed by atoms with van der Waals surface area (Å²) in [6, 6.07) is 2.10. The Morgan fingerprint density at radius 1 is 1.45 bits per heavy atom. The second-order valence-corrected chi connectivity index (χ2v) is 8.72. The highest BCUT2D eigenvalue weighted by Gasteiger charge is 2.22. The van der Waals surface area contributed by atoms with Crippen LogP contribution in [0, 0.1) is 11.3 Å². The molecule has 0 aromatic carbocycles. The van der Waals surface area contributed by atoms with Crippen LogP contribution in [0.25, 0.3) is 0 Å². The summed E-state index contributed by atoms with van der Waals surface area (Å²) < 4.78 is 29.7. The molecule has 0 fully saturated rings. The molecule has 0 bridgehead atoms. The highest BCUT2D eigenvalue weighted by atomic mass is 33.1. The second-order valence-electron chi connectivity index (χ2n) is 4.26. The molecule has 9 heteroatoms. The molecular weight excluding hydrogens is 320 g/mol. The van der Waals surface area contributed by atoms with Crippen molar-refractivity contribution in [3.05, 3.63) is 16.0 Å². The fraction of sp³-hybridized carbons (Fsp3) is 0.455. The third-order valence-corrected chi connectivity index (χ3v) is 6.01. The summed E-state index contributed by atoms with van der Waals surface area (Å²) in [5, 5.41) is 12.2.